The molecule has 4 rings (SSSR count). The number of halogens is 2. The number of anilines is 1. The summed E-state index contributed by atoms with van der Waals surface area (Å²) in [5, 5.41) is 15.5. The Morgan fingerprint density at radius 1 is 1.02 bits per heavy atom. The van der Waals surface area contributed by atoms with Crippen molar-refractivity contribution >= 4 is 52.1 Å². The second kappa shape index (κ2) is 17.0. The number of esters is 1. The summed E-state index contributed by atoms with van der Waals surface area (Å²) in [6.45, 7) is 14.1. The Morgan fingerprint density at radius 2 is 1.66 bits per heavy atom. The van der Waals surface area contributed by atoms with Crippen LogP contribution in [0.25, 0.3) is 0 Å². The summed E-state index contributed by atoms with van der Waals surface area (Å²) in [4.78, 5) is 47.8. The van der Waals surface area contributed by atoms with Crippen LogP contribution in [0.2, 0.25) is 0 Å². The maximum absolute atomic E-state index is 13.0. The van der Waals surface area contributed by atoms with E-state index in [4.69, 9.17) is 28.7 Å². The number of carbonyl (C=O) groups is 3. The highest BCUT2D eigenvalue weighted by molar-refractivity contribution is 9.10. The zero-order valence-corrected chi connectivity index (χ0v) is 32.1. The molecule has 5 atom stereocenters. The molecule has 2 aliphatic heterocycles. The predicted molar refractivity (Wildman–Crippen MR) is 190 cm³/mol. The van der Waals surface area contributed by atoms with Crippen molar-refractivity contribution in [3.05, 3.63) is 52.2 Å². The molecule has 2 aromatic rings. The molecule has 0 spiro atoms. The van der Waals surface area contributed by atoms with Gasteiger partial charge in [0.15, 0.2) is 12.0 Å². The maximum atomic E-state index is 13.0. The van der Waals surface area contributed by atoms with Crippen LogP contribution in [-0.4, -0.2) is 87.1 Å². The SMILES string of the molecule is CC(C)(C)OC(=O)N[C@@H](CCCCN=c1nc(NC(=O)c2ccc(Br)cc2)ccn1[C@@H]1O[C@H](CO)[C@H]2OC(C)(C)O[C@H]21)C(=O)OC(C)(C)C.Cl. The molecule has 0 bridgehead atoms. The van der Waals surface area contributed by atoms with Crippen LogP contribution in [-0.2, 0) is 28.5 Å². The fraction of sp³-hybridized carbons (Fsp3) is 0.618. The van der Waals surface area contributed by atoms with E-state index >= 15 is 0 Å². The number of alkyl carbamates (subject to hydrolysis) is 1. The Balaban J connectivity index is 0.00000676. The van der Waals surface area contributed by atoms with Gasteiger partial charge in [0.1, 0.15) is 41.4 Å². The lowest BCUT2D eigenvalue weighted by Gasteiger charge is -2.26. The van der Waals surface area contributed by atoms with Crippen LogP contribution >= 0.6 is 28.3 Å². The maximum Gasteiger partial charge on any atom is 0.408 e. The van der Waals surface area contributed by atoms with E-state index in [1.165, 1.54) is 0 Å². The largest absolute Gasteiger partial charge is 0.458 e. The summed E-state index contributed by atoms with van der Waals surface area (Å²) in [5.74, 6) is -1.52. The monoisotopic (exact) mass is 785 g/mol. The van der Waals surface area contributed by atoms with E-state index in [1.807, 2.05) is 0 Å². The van der Waals surface area contributed by atoms with Crippen molar-refractivity contribution in [2.45, 2.75) is 122 Å². The van der Waals surface area contributed by atoms with Gasteiger partial charge < -0.3 is 39.4 Å². The fourth-order valence-corrected chi connectivity index (χ4v) is 5.60. The average molecular weight is 787 g/mol. The van der Waals surface area contributed by atoms with E-state index in [9.17, 15) is 19.5 Å². The van der Waals surface area contributed by atoms with Gasteiger partial charge in [-0.25, -0.2) is 9.59 Å². The first-order chi connectivity index (χ1) is 22.8. The van der Waals surface area contributed by atoms with E-state index in [-0.39, 0.29) is 49.3 Å². The molecule has 1 aromatic heterocycles. The molecule has 1 aromatic carbocycles. The van der Waals surface area contributed by atoms with Crippen molar-refractivity contribution in [3.63, 3.8) is 0 Å². The Morgan fingerprint density at radius 3 is 2.28 bits per heavy atom. The first kappa shape index (κ1) is 41.3. The number of aliphatic hydroxyl groups is 1. The van der Waals surface area contributed by atoms with Gasteiger partial charge in [-0.05, 0) is 105 Å². The van der Waals surface area contributed by atoms with E-state index in [0.29, 0.717) is 18.4 Å². The molecule has 2 aliphatic rings. The van der Waals surface area contributed by atoms with Gasteiger partial charge in [-0.1, -0.05) is 15.9 Å². The van der Waals surface area contributed by atoms with Crippen LogP contribution in [0, 0.1) is 0 Å². The Labute approximate surface area is 307 Å². The molecule has 0 aliphatic carbocycles. The van der Waals surface area contributed by atoms with Crippen LogP contribution in [0.4, 0.5) is 10.6 Å². The van der Waals surface area contributed by atoms with Gasteiger partial charge >= 0.3 is 12.1 Å². The third-order valence-corrected chi connectivity index (χ3v) is 7.84. The fourth-order valence-electron chi connectivity index (χ4n) is 5.34. The summed E-state index contributed by atoms with van der Waals surface area (Å²) < 4.78 is 31.8. The molecule has 0 unspecified atom stereocenters. The molecule has 0 saturated carbocycles. The number of hydrogen-bond donors (Lipinski definition) is 3. The smallest absolute Gasteiger partial charge is 0.408 e. The Kier molecular flexibility index (Phi) is 14.0. The summed E-state index contributed by atoms with van der Waals surface area (Å²) >= 11 is 3.38. The number of amides is 2. The molecule has 3 N–H and O–H groups in total. The molecule has 0 radical (unpaired) electrons. The third kappa shape index (κ3) is 11.7. The quantitative estimate of drug-likeness (QED) is 0.207. The van der Waals surface area contributed by atoms with Gasteiger partial charge in [0.2, 0.25) is 5.62 Å². The number of carbonyl (C=O) groups excluding carboxylic acids is 3. The number of aliphatic hydroxyl groups excluding tert-OH is 1. The minimum Gasteiger partial charge on any atom is -0.458 e. The molecular weight excluding hydrogens is 738 g/mol. The van der Waals surface area contributed by atoms with Gasteiger partial charge in [-0.3, -0.25) is 14.4 Å². The van der Waals surface area contributed by atoms with Crippen LogP contribution < -0.4 is 16.3 Å². The van der Waals surface area contributed by atoms with Gasteiger partial charge in [-0.15, -0.1) is 12.4 Å². The Bertz CT molecular complexity index is 1560. The van der Waals surface area contributed by atoms with E-state index in [0.717, 1.165) is 4.47 Å². The van der Waals surface area contributed by atoms with Gasteiger partial charge in [0, 0.05) is 22.8 Å². The molecule has 278 valence electrons. The van der Waals surface area contributed by atoms with Crippen molar-refractivity contribution in [2.75, 3.05) is 18.5 Å². The molecule has 3 heterocycles. The zero-order chi connectivity index (χ0) is 36.1. The van der Waals surface area contributed by atoms with E-state index in [2.05, 4.69) is 31.5 Å². The normalized spacial score (nSPS) is 22.2. The van der Waals surface area contributed by atoms with Crippen molar-refractivity contribution in [1.29, 1.82) is 0 Å². The summed E-state index contributed by atoms with van der Waals surface area (Å²) in [6, 6.07) is 7.64. The minimum absolute atomic E-state index is 0. The number of hydrogen-bond acceptors (Lipinski definition) is 11. The highest BCUT2D eigenvalue weighted by Gasteiger charge is 2.55. The minimum atomic E-state index is -0.920. The standard InChI is InChI=1S/C34H48BrN5O9.ClH/c1-32(2,3)48-29(43)22(37-31(44)49-33(4,5)6)11-9-10-17-36-30-39-24(38-27(42)20-12-14-21(35)15-13-20)16-18-40(30)28-26-25(23(19-41)45-28)46-34(7,8)47-26;/h12-16,18,22-23,25-26,28,41H,9-11,17,19H2,1-8H3,(H,37,44)(H,36,38,39,42);1H/t22-,23+,25+,26+,28+;/m0./s1. The number of nitrogens with zero attached hydrogens (tertiary/aromatic N) is 3. The van der Waals surface area contributed by atoms with Gasteiger partial charge in [0.25, 0.3) is 5.91 Å². The first-order valence-electron chi connectivity index (χ1n) is 16.3. The number of nitrogens with one attached hydrogen (secondary N) is 2. The lowest BCUT2D eigenvalue weighted by molar-refractivity contribution is -0.200. The predicted octanol–water partition coefficient (Wildman–Crippen LogP) is 5.04. The number of benzene rings is 1. The van der Waals surface area contributed by atoms with Crippen LogP contribution in [0.1, 0.15) is 91.2 Å². The third-order valence-electron chi connectivity index (χ3n) is 7.31. The number of aromatic nitrogens is 2. The first-order valence-corrected chi connectivity index (χ1v) is 17.1. The number of rotatable bonds is 11. The molecule has 2 fully saturated rings. The van der Waals surface area contributed by atoms with Crippen molar-refractivity contribution < 1.29 is 43.2 Å². The zero-order valence-electron chi connectivity index (χ0n) is 29.7. The molecule has 2 amide bonds. The Hall–Kier alpha value is -3.08. The van der Waals surface area contributed by atoms with E-state index in [1.54, 1.807) is 96.5 Å². The molecule has 2 saturated heterocycles. The number of unbranched alkanes of at least 4 members (excludes halogenated alkanes) is 1. The lowest BCUT2D eigenvalue weighted by atomic mass is 10.1. The van der Waals surface area contributed by atoms with Crippen LogP contribution in [0.3, 0.4) is 0 Å². The van der Waals surface area contributed by atoms with Crippen molar-refractivity contribution in [3.8, 4) is 0 Å². The highest BCUT2D eigenvalue weighted by Crippen LogP contribution is 2.42. The second-order valence-corrected chi connectivity index (χ2v) is 15.3. The second-order valence-electron chi connectivity index (χ2n) is 14.4. The molecule has 50 heavy (non-hydrogen) atoms. The number of fused-ring (bicyclic) bond motifs is 1. The van der Waals surface area contributed by atoms with Gasteiger partial charge in [0.05, 0.1) is 6.61 Å². The van der Waals surface area contributed by atoms with E-state index < -0.39 is 59.6 Å². The topological polar surface area (TPSA) is 172 Å². The summed E-state index contributed by atoms with van der Waals surface area (Å²) in [6.07, 6.45) is -0.109. The van der Waals surface area contributed by atoms with Crippen molar-refractivity contribution in [1.82, 2.24) is 14.9 Å². The average Bonchev–Trinajstić information content (AvgIpc) is 3.47. The molecule has 14 nitrogen and oxygen atoms in total. The van der Waals surface area contributed by atoms with Crippen LogP contribution in [0.5, 0.6) is 0 Å². The number of ether oxygens (including phenoxy) is 5. The molecule has 16 heteroatoms. The lowest BCUT2D eigenvalue weighted by Crippen LogP contribution is -2.46. The van der Waals surface area contributed by atoms with Gasteiger partial charge in [-0.2, -0.15) is 4.98 Å². The molecular formula is C34H49BrClN5O9. The summed E-state index contributed by atoms with van der Waals surface area (Å²) in [7, 11) is 0. The van der Waals surface area contributed by atoms with Crippen molar-refractivity contribution in [2.24, 2.45) is 4.99 Å². The van der Waals surface area contributed by atoms with Crippen LogP contribution in [0.15, 0.2) is 46.0 Å². The summed E-state index contributed by atoms with van der Waals surface area (Å²) in [5.41, 5.74) is -0.773. The highest BCUT2D eigenvalue weighted by atomic mass is 79.9.